The summed E-state index contributed by atoms with van der Waals surface area (Å²) < 4.78 is 0. The number of carbonyl (C=O) groups excluding carboxylic acids is 3. The first-order valence-electron chi connectivity index (χ1n) is 9.70. The van der Waals surface area contributed by atoms with Crippen LogP contribution in [0.3, 0.4) is 0 Å². The Labute approximate surface area is 167 Å². The van der Waals surface area contributed by atoms with Crippen molar-refractivity contribution in [2.45, 2.75) is 72.5 Å². The monoisotopic (exact) mass is 400 g/mol. The van der Waals surface area contributed by atoms with Crippen molar-refractivity contribution in [3.63, 3.8) is 0 Å². The number of carbonyl (C=O) groups is 4. The second-order valence-electron chi connectivity index (χ2n) is 8.27. The average molecular weight is 401 g/mol. The van der Waals surface area contributed by atoms with Crippen LogP contribution in [0.1, 0.15) is 54.4 Å². The van der Waals surface area contributed by atoms with Gasteiger partial charge in [-0.15, -0.1) is 0 Å². The van der Waals surface area contributed by atoms with Crippen LogP contribution in [0.15, 0.2) is 0 Å². The van der Waals surface area contributed by atoms with Crippen molar-refractivity contribution in [1.29, 1.82) is 0 Å². The van der Waals surface area contributed by atoms with E-state index >= 15 is 0 Å². The normalized spacial score (nSPS) is 14.5. The minimum Gasteiger partial charge on any atom is -0.480 e. The molecule has 28 heavy (non-hydrogen) atoms. The highest BCUT2D eigenvalue weighted by Gasteiger charge is 2.27. The van der Waals surface area contributed by atoms with E-state index in [0.717, 1.165) is 0 Å². The zero-order valence-corrected chi connectivity index (χ0v) is 17.7. The van der Waals surface area contributed by atoms with Gasteiger partial charge in [0.25, 0.3) is 0 Å². The Bertz CT molecular complexity index is 548. The van der Waals surface area contributed by atoms with Gasteiger partial charge >= 0.3 is 5.97 Å². The third-order valence-corrected chi connectivity index (χ3v) is 4.07. The summed E-state index contributed by atoms with van der Waals surface area (Å²) in [5.41, 5.74) is 5.87. The zero-order chi connectivity index (χ0) is 22.0. The van der Waals surface area contributed by atoms with Crippen molar-refractivity contribution in [2.24, 2.45) is 23.5 Å². The Morgan fingerprint density at radius 1 is 0.857 bits per heavy atom. The van der Waals surface area contributed by atoms with E-state index in [2.05, 4.69) is 16.0 Å². The Kier molecular flexibility index (Phi) is 11.4. The quantitative estimate of drug-likeness (QED) is 0.316. The fourth-order valence-corrected chi connectivity index (χ4v) is 2.63. The van der Waals surface area contributed by atoms with E-state index in [0.29, 0.717) is 12.8 Å². The molecule has 0 rings (SSSR count). The summed E-state index contributed by atoms with van der Waals surface area (Å²) in [6.07, 6.45) is 0.882. The average Bonchev–Trinajstić information content (AvgIpc) is 2.55. The van der Waals surface area contributed by atoms with Crippen LogP contribution < -0.4 is 21.7 Å². The van der Waals surface area contributed by atoms with Gasteiger partial charge in [-0.3, -0.25) is 14.4 Å². The van der Waals surface area contributed by atoms with Crippen molar-refractivity contribution in [1.82, 2.24) is 16.0 Å². The van der Waals surface area contributed by atoms with Gasteiger partial charge in [0.05, 0.1) is 12.6 Å². The lowest BCUT2D eigenvalue weighted by Gasteiger charge is -2.23. The minimum atomic E-state index is -1.14. The van der Waals surface area contributed by atoms with Gasteiger partial charge < -0.3 is 26.8 Å². The van der Waals surface area contributed by atoms with E-state index in [-0.39, 0.29) is 24.3 Å². The van der Waals surface area contributed by atoms with Gasteiger partial charge in [0.15, 0.2) is 0 Å². The standard InChI is InChI=1S/C19H36N4O5/c1-10(2)7-13(20)17(25)22-14(8-11(3)4)18(26)21-9-15(24)23-16(12(5)6)19(27)28/h10-14,16H,7-9,20H2,1-6H3,(H,21,26)(H,22,25)(H,23,24)(H,27,28). The maximum Gasteiger partial charge on any atom is 0.326 e. The molecule has 0 bridgehead atoms. The van der Waals surface area contributed by atoms with E-state index in [9.17, 15) is 19.2 Å². The molecule has 0 saturated carbocycles. The van der Waals surface area contributed by atoms with E-state index in [1.165, 1.54) is 0 Å². The van der Waals surface area contributed by atoms with Gasteiger partial charge in [-0.05, 0) is 30.6 Å². The lowest BCUT2D eigenvalue weighted by Crippen LogP contribution is -2.54. The number of nitrogens with two attached hydrogens (primary N) is 1. The maximum atomic E-state index is 12.5. The number of hydrogen-bond acceptors (Lipinski definition) is 5. The summed E-state index contributed by atoms with van der Waals surface area (Å²) in [7, 11) is 0. The second kappa shape index (κ2) is 12.3. The van der Waals surface area contributed by atoms with Crippen LogP contribution >= 0.6 is 0 Å². The molecule has 162 valence electrons. The lowest BCUT2D eigenvalue weighted by molar-refractivity contribution is -0.143. The molecule has 3 amide bonds. The molecule has 0 radical (unpaired) electrons. The van der Waals surface area contributed by atoms with E-state index in [1.807, 2.05) is 27.7 Å². The first-order valence-corrected chi connectivity index (χ1v) is 9.70. The highest BCUT2D eigenvalue weighted by molar-refractivity contribution is 5.92. The first kappa shape index (κ1) is 25.8. The van der Waals surface area contributed by atoms with Crippen LogP contribution in [0, 0.1) is 17.8 Å². The predicted molar refractivity (Wildman–Crippen MR) is 106 cm³/mol. The zero-order valence-electron chi connectivity index (χ0n) is 17.7. The van der Waals surface area contributed by atoms with Crippen LogP contribution in [0.5, 0.6) is 0 Å². The van der Waals surface area contributed by atoms with E-state index in [1.54, 1.807) is 13.8 Å². The maximum absolute atomic E-state index is 12.5. The number of rotatable bonds is 12. The number of amides is 3. The second-order valence-corrected chi connectivity index (χ2v) is 8.27. The largest absolute Gasteiger partial charge is 0.480 e. The molecule has 0 aromatic rings. The van der Waals surface area contributed by atoms with Crippen LogP contribution in [0.2, 0.25) is 0 Å². The molecule has 3 unspecified atom stereocenters. The van der Waals surface area contributed by atoms with E-state index < -0.39 is 41.8 Å². The van der Waals surface area contributed by atoms with Crippen molar-refractivity contribution in [3.8, 4) is 0 Å². The van der Waals surface area contributed by atoms with Crippen LogP contribution in [0.4, 0.5) is 0 Å². The van der Waals surface area contributed by atoms with Crippen molar-refractivity contribution in [2.75, 3.05) is 6.54 Å². The van der Waals surface area contributed by atoms with Crippen molar-refractivity contribution >= 4 is 23.7 Å². The number of carboxylic acids is 1. The molecule has 0 aliphatic heterocycles. The molecule has 0 aliphatic carbocycles. The number of nitrogens with one attached hydrogen (secondary N) is 3. The topological polar surface area (TPSA) is 151 Å². The third-order valence-electron chi connectivity index (χ3n) is 4.07. The Morgan fingerprint density at radius 2 is 1.39 bits per heavy atom. The van der Waals surface area contributed by atoms with Gasteiger partial charge in [-0.1, -0.05) is 41.5 Å². The summed E-state index contributed by atoms with van der Waals surface area (Å²) in [4.78, 5) is 47.8. The number of hydrogen-bond donors (Lipinski definition) is 5. The molecule has 0 saturated heterocycles. The van der Waals surface area contributed by atoms with Gasteiger partial charge in [0.2, 0.25) is 17.7 Å². The lowest BCUT2D eigenvalue weighted by atomic mass is 10.0. The van der Waals surface area contributed by atoms with Gasteiger partial charge in [-0.2, -0.15) is 0 Å². The fraction of sp³-hybridized carbons (Fsp3) is 0.789. The molecular weight excluding hydrogens is 364 g/mol. The van der Waals surface area contributed by atoms with Gasteiger partial charge in [0.1, 0.15) is 12.1 Å². The number of carboxylic acid groups (broad SMARTS) is 1. The van der Waals surface area contributed by atoms with Gasteiger partial charge in [0, 0.05) is 0 Å². The summed E-state index contributed by atoms with van der Waals surface area (Å²) in [6, 6.07) is -2.57. The fourth-order valence-electron chi connectivity index (χ4n) is 2.63. The molecule has 0 spiro atoms. The molecule has 6 N–H and O–H groups in total. The summed E-state index contributed by atoms with van der Waals surface area (Å²) >= 11 is 0. The van der Waals surface area contributed by atoms with Crippen molar-refractivity contribution < 1.29 is 24.3 Å². The number of aliphatic carboxylic acids is 1. The minimum absolute atomic E-state index is 0.128. The SMILES string of the molecule is CC(C)CC(N)C(=O)NC(CC(C)C)C(=O)NCC(=O)NC(C(=O)O)C(C)C. The van der Waals surface area contributed by atoms with Gasteiger partial charge in [-0.25, -0.2) is 4.79 Å². The molecule has 9 heteroatoms. The van der Waals surface area contributed by atoms with Crippen LogP contribution in [0.25, 0.3) is 0 Å². The third kappa shape index (κ3) is 10.2. The molecule has 9 nitrogen and oxygen atoms in total. The Morgan fingerprint density at radius 3 is 1.82 bits per heavy atom. The summed E-state index contributed by atoms with van der Waals surface area (Å²) in [5, 5.41) is 16.6. The van der Waals surface area contributed by atoms with Crippen LogP contribution in [-0.2, 0) is 19.2 Å². The molecule has 0 aromatic heterocycles. The first-order chi connectivity index (χ1) is 12.8. The summed E-state index contributed by atoms with van der Waals surface area (Å²) in [5.74, 6) is -2.60. The molecule has 3 atom stereocenters. The van der Waals surface area contributed by atoms with Crippen molar-refractivity contribution in [3.05, 3.63) is 0 Å². The molecular formula is C19H36N4O5. The van der Waals surface area contributed by atoms with Crippen LogP contribution in [-0.4, -0.2) is 53.5 Å². The Hall–Kier alpha value is -2.16. The highest BCUT2D eigenvalue weighted by Crippen LogP contribution is 2.07. The predicted octanol–water partition coefficient (Wildman–Crippen LogP) is 0.232. The molecule has 0 aliphatic rings. The van der Waals surface area contributed by atoms with E-state index in [4.69, 9.17) is 10.8 Å². The molecule has 0 aromatic carbocycles. The Balaban J connectivity index is 4.83. The summed E-state index contributed by atoms with van der Waals surface area (Å²) in [6.45, 7) is 10.7. The smallest absolute Gasteiger partial charge is 0.326 e. The molecule has 0 heterocycles. The molecule has 0 fully saturated rings. The highest BCUT2D eigenvalue weighted by atomic mass is 16.4.